The normalized spacial score (nSPS) is 10.8. The maximum absolute atomic E-state index is 11.9. The molecule has 0 bridgehead atoms. The van der Waals surface area contributed by atoms with Gasteiger partial charge in [0.15, 0.2) is 0 Å². The van der Waals surface area contributed by atoms with Gasteiger partial charge in [-0.25, -0.2) is 9.97 Å². The highest BCUT2D eigenvalue weighted by Gasteiger charge is 2.02. The number of rotatable bonds is 4. The zero-order valence-electron chi connectivity index (χ0n) is 11.0. The molecule has 0 aromatic carbocycles. The minimum Gasteiger partial charge on any atom is -0.369 e. The fourth-order valence-corrected chi connectivity index (χ4v) is 2.74. The lowest BCUT2D eigenvalue weighted by Crippen LogP contribution is -2.16. The minimum absolute atomic E-state index is 0.0804. The molecule has 5 nitrogen and oxygen atoms in total. The fourth-order valence-electron chi connectivity index (χ4n) is 1.96. The van der Waals surface area contributed by atoms with E-state index < -0.39 is 0 Å². The van der Waals surface area contributed by atoms with Gasteiger partial charge in [0.1, 0.15) is 11.5 Å². The SMILES string of the molecule is Cc1csc(CCNc2cc(=O)n3ccccc3n2)n1. The van der Waals surface area contributed by atoms with Gasteiger partial charge in [-0.2, -0.15) is 0 Å². The molecule has 0 atom stereocenters. The van der Waals surface area contributed by atoms with Crippen molar-refractivity contribution in [3.8, 4) is 0 Å². The number of fused-ring (bicyclic) bond motifs is 1. The van der Waals surface area contributed by atoms with Crippen molar-refractivity contribution in [1.29, 1.82) is 0 Å². The number of hydrogen-bond donors (Lipinski definition) is 1. The number of nitrogens with one attached hydrogen (secondary N) is 1. The van der Waals surface area contributed by atoms with Crippen LogP contribution in [0.25, 0.3) is 5.65 Å². The van der Waals surface area contributed by atoms with Gasteiger partial charge in [-0.3, -0.25) is 9.20 Å². The van der Waals surface area contributed by atoms with Crippen LogP contribution in [-0.2, 0) is 6.42 Å². The summed E-state index contributed by atoms with van der Waals surface area (Å²) in [7, 11) is 0. The maximum atomic E-state index is 11.9. The second-order valence-electron chi connectivity index (χ2n) is 4.47. The number of anilines is 1. The van der Waals surface area contributed by atoms with E-state index in [0.29, 0.717) is 18.0 Å². The average Bonchev–Trinajstić information content (AvgIpc) is 2.85. The van der Waals surface area contributed by atoms with Crippen LogP contribution in [0.5, 0.6) is 0 Å². The molecule has 0 unspecified atom stereocenters. The Kier molecular flexibility index (Phi) is 3.47. The summed E-state index contributed by atoms with van der Waals surface area (Å²) in [6.45, 7) is 2.70. The third-order valence-electron chi connectivity index (χ3n) is 2.88. The molecule has 3 aromatic heterocycles. The molecule has 0 fully saturated rings. The van der Waals surface area contributed by atoms with Gasteiger partial charge in [-0.05, 0) is 19.1 Å². The lowest BCUT2D eigenvalue weighted by molar-refractivity contribution is 0.967. The van der Waals surface area contributed by atoms with E-state index in [-0.39, 0.29) is 5.56 Å². The van der Waals surface area contributed by atoms with E-state index in [0.717, 1.165) is 17.1 Å². The standard InChI is InChI=1S/C14H14N4OS/c1-10-9-20-13(16-10)5-6-15-11-8-14(19)18-7-3-2-4-12(18)17-11/h2-4,7-9,15H,5-6H2,1H3. The minimum atomic E-state index is -0.0804. The summed E-state index contributed by atoms with van der Waals surface area (Å²) in [6, 6.07) is 7.01. The zero-order valence-corrected chi connectivity index (χ0v) is 11.9. The Balaban J connectivity index is 1.73. The molecular formula is C14H14N4OS. The molecule has 0 saturated carbocycles. The smallest absolute Gasteiger partial charge is 0.259 e. The van der Waals surface area contributed by atoms with Crippen LogP contribution < -0.4 is 10.9 Å². The lowest BCUT2D eigenvalue weighted by atomic mass is 10.4. The largest absolute Gasteiger partial charge is 0.369 e. The third kappa shape index (κ3) is 2.70. The molecule has 1 N–H and O–H groups in total. The Morgan fingerprint density at radius 3 is 3.05 bits per heavy atom. The van der Waals surface area contributed by atoms with Crippen molar-refractivity contribution in [3.63, 3.8) is 0 Å². The number of aryl methyl sites for hydroxylation is 1. The first kappa shape index (κ1) is 12.8. The lowest BCUT2D eigenvalue weighted by Gasteiger charge is -2.05. The molecule has 0 amide bonds. The van der Waals surface area contributed by atoms with E-state index in [1.807, 2.05) is 30.5 Å². The monoisotopic (exact) mass is 286 g/mol. The first-order valence-corrected chi connectivity index (χ1v) is 7.24. The van der Waals surface area contributed by atoms with Gasteiger partial charge in [0.2, 0.25) is 0 Å². The molecule has 3 aromatic rings. The summed E-state index contributed by atoms with van der Waals surface area (Å²) >= 11 is 1.65. The van der Waals surface area contributed by atoms with Crippen molar-refractivity contribution in [1.82, 2.24) is 14.4 Å². The van der Waals surface area contributed by atoms with E-state index in [1.54, 1.807) is 17.5 Å². The summed E-state index contributed by atoms with van der Waals surface area (Å²) in [5.74, 6) is 0.606. The molecule has 20 heavy (non-hydrogen) atoms. The van der Waals surface area contributed by atoms with E-state index in [1.165, 1.54) is 10.5 Å². The van der Waals surface area contributed by atoms with E-state index in [4.69, 9.17) is 0 Å². The van der Waals surface area contributed by atoms with Crippen LogP contribution in [0.3, 0.4) is 0 Å². The third-order valence-corrected chi connectivity index (χ3v) is 3.91. The summed E-state index contributed by atoms with van der Waals surface area (Å²) in [4.78, 5) is 20.7. The van der Waals surface area contributed by atoms with Crippen LogP contribution in [-0.4, -0.2) is 20.9 Å². The summed E-state index contributed by atoms with van der Waals surface area (Å²) in [6.07, 6.45) is 2.54. The van der Waals surface area contributed by atoms with Crippen LogP contribution in [0, 0.1) is 6.92 Å². The molecular weight excluding hydrogens is 272 g/mol. The van der Waals surface area contributed by atoms with E-state index in [9.17, 15) is 4.79 Å². The van der Waals surface area contributed by atoms with Gasteiger partial charge >= 0.3 is 0 Å². The predicted octanol–water partition coefficient (Wildman–Crippen LogP) is 2.11. The second-order valence-corrected chi connectivity index (χ2v) is 5.41. The van der Waals surface area contributed by atoms with Crippen molar-refractivity contribution < 1.29 is 0 Å². The Morgan fingerprint density at radius 2 is 2.25 bits per heavy atom. The number of aromatic nitrogens is 3. The zero-order chi connectivity index (χ0) is 13.9. The van der Waals surface area contributed by atoms with Crippen molar-refractivity contribution in [2.75, 3.05) is 11.9 Å². The van der Waals surface area contributed by atoms with Gasteiger partial charge in [-0.15, -0.1) is 11.3 Å². The Hall–Kier alpha value is -2.21. The van der Waals surface area contributed by atoms with Gasteiger partial charge in [-0.1, -0.05) is 6.07 Å². The van der Waals surface area contributed by atoms with E-state index >= 15 is 0 Å². The van der Waals surface area contributed by atoms with Crippen molar-refractivity contribution in [2.45, 2.75) is 13.3 Å². The van der Waals surface area contributed by atoms with Crippen LogP contribution in [0.2, 0.25) is 0 Å². The molecule has 0 aliphatic rings. The molecule has 0 saturated heterocycles. The molecule has 0 aliphatic heterocycles. The van der Waals surface area contributed by atoms with Gasteiger partial charge in [0, 0.05) is 36.3 Å². The Bertz CT molecular complexity index is 793. The molecule has 6 heteroatoms. The molecule has 102 valence electrons. The topological polar surface area (TPSA) is 59.3 Å². The highest BCUT2D eigenvalue weighted by Crippen LogP contribution is 2.09. The maximum Gasteiger partial charge on any atom is 0.259 e. The van der Waals surface area contributed by atoms with Crippen LogP contribution in [0.1, 0.15) is 10.7 Å². The van der Waals surface area contributed by atoms with E-state index in [2.05, 4.69) is 15.3 Å². The first-order valence-electron chi connectivity index (χ1n) is 6.36. The van der Waals surface area contributed by atoms with Crippen LogP contribution in [0.4, 0.5) is 5.82 Å². The Labute approximate surface area is 120 Å². The Morgan fingerprint density at radius 1 is 1.35 bits per heavy atom. The first-order chi connectivity index (χ1) is 9.72. The van der Waals surface area contributed by atoms with Gasteiger partial charge in [0.25, 0.3) is 5.56 Å². The highest BCUT2D eigenvalue weighted by atomic mass is 32.1. The number of thiazole rings is 1. The van der Waals surface area contributed by atoms with Crippen LogP contribution >= 0.6 is 11.3 Å². The molecule has 3 heterocycles. The molecule has 0 radical (unpaired) electrons. The van der Waals surface area contributed by atoms with Gasteiger partial charge in [0.05, 0.1) is 5.01 Å². The molecule has 0 spiro atoms. The average molecular weight is 286 g/mol. The van der Waals surface area contributed by atoms with Crippen molar-refractivity contribution in [3.05, 3.63) is 56.9 Å². The number of pyridine rings is 1. The van der Waals surface area contributed by atoms with Crippen LogP contribution in [0.15, 0.2) is 40.6 Å². The molecule has 3 rings (SSSR count). The quantitative estimate of drug-likeness (QED) is 0.798. The fraction of sp³-hybridized carbons (Fsp3) is 0.214. The number of nitrogens with zero attached hydrogens (tertiary/aromatic N) is 3. The van der Waals surface area contributed by atoms with Crippen molar-refractivity contribution >= 4 is 22.8 Å². The summed E-state index contributed by atoms with van der Waals surface area (Å²) in [5, 5.41) is 6.31. The second kappa shape index (κ2) is 5.42. The molecule has 0 aliphatic carbocycles. The van der Waals surface area contributed by atoms with Gasteiger partial charge < -0.3 is 5.32 Å². The number of hydrogen-bond acceptors (Lipinski definition) is 5. The predicted molar refractivity (Wildman–Crippen MR) is 80.5 cm³/mol. The summed E-state index contributed by atoms with van der Waals surface area (Å²) < 4.78 is 1.52. The van der Waals surface area contributed by atoms with Crippen molar-refractivity contribution in [2.24, 2.45) is 0 Å². The summed E-state index contributed by atoms with van der Waals surface area (Å²) in [5.41, 5.74) is 1.61. The highest BCUT2D eigenvalue weighted by molar-refractivity contribution is 7.09.